The lowest BCUT2D eigenvalue weighted by Crippen LogP contribution is -2.60. The van der Waals surface area contributed by atoms with E-state index in [2.05, 4.69) is 79.9 Å². The smallest absolute Gasteiger partial charge is 0.220 e. The van der Waals surface area contributed by atoms with Crippen molar-refractivity contribution in [1.29, 1.82) is 0 Å². The van der Waals surface area contributed by atoms with Crippen LogP contribution in [0.5, 0.6) is 0 Å². The van der Waals surface area contributed by atoms with E-state index in [0.29, 0.717) is 6.42 Å². The van der Waals surface area contributed by atoms with Crippen molar-refractivity contribution in [2.45, 2.75) is 211 Å². The number of carbonyl (C=O) groups excluding carboxylic acids is 1. The topological polar surface area (TPSA) is 149 Å². The molecule has 0 spiro atoms. The summed E-state index contributed by atoms with van der Waals surface area (Å²) in [5, 5.41) is 54.1. The predicted octanol–water partition coefficient (Wildman–Crippen LogP) is 9.39. The van der Waals surface area contributed by atoms with E-state index in [1.165, 1.54) is 57.8 Å². The quantitative estimate of drug-likeness (QED) is 0.0271. The highest BCUT2D eigenvalue weighted by atomic mass is 16.7. The molecule has 0 aromatic carbocycles. The molecular formula is C48H83NO8. The van der Waals surface area contributed by atoms with Gasteiger partial charge in [0.1, 0.15) is 24.4 Å². The maximum atomic E-state index is 12.9. The second kappa shape index (κ2) is 37.9. The lowest BCUT2D eigenvalue weighted by molar-refractivity contribution is -0.302. The Morgan fingerprint density at radius 3 is 1.63 bits per heavy atom. The van der Waals surface area contributed by atoms with Gasteiger partial charge in [0.2, 0.25) is 5.91 Å². The van der Waals surface area contributed by atoms with Crippen LogP contribution in [-0.4, -0.2) is 87.5 Å². The van der Waals surface area contributed by atoms with E-state index in [1.54, 1.807) is 6.08 Å². The molecule has 1 amide bonds. The zero-order chi connectivity index (χ0) is 41.6. The van der Waals surface area contributed by atoms with Gasteiger partial charge in [0.25, 0.3) is 0 Å². The predicted molar refractivity (Wildman–Crippen MR) is 235 cm³/mol. The zero-order valence-corrected chi connectivity index (χ0v) is 35.8. The van der Waals surface area contributed by atoms with Crippen molar-refractivity contribution in [2.75, 3.05) is 13.2 Å². The third kappa shape index (κ3) is 28.7. The molecule has 0 saturated carbocycles. The maximum absolute atomic E-state index is 12.9. The number of aliphatic hydroxyl groups excluding tert-OH is 5. The van der Waals surface area contributed by atoms with Crippen molar-refractivity contribution in [1.82, 2.24) is 5.32 Å². The number of aliphatic hydroxyl groups is 5. The minimum Gasteiger partial charge on any atom is -0.394 e. The summed E-state index contributed by atoms with van der Waals surface area (Å²) in [6.07, 6.45) is 43.7. The lowest BCUT2D eigenvalue weighted by Gasteiger charge is -2.40. The highest BCUT2D eigenvalue weighted by Crippen LogP contribution is 2.22. The minimum atomic E-state index is -1.58. The first-order valence-corrected chi connectivity index (χ1v) is 22.7. The standard InChI is InChI=1S/C48H83NO8/c1-3-5-7-9-11-13-15-17-18-19-20-21-22-23-24-26-28-30-32-34-36-38-44(52)49-41(40-56-48-47(55)46(54)45(53)43(39-50)57-48)42(51)37-35-33-31-29-27-25-16-14-12-10-8-6-4-2/h12,14-15,17,19-20,22-23,27,29,35,37,41-43,45-48,50-51,53-55H,3-11,13,16,18,21,24-26,28,30-34,36,38-40H2,1-2H3,(H,49,52)/b14-12+,17-15-,20-19-,23-22-,29-27+,37-35+. The number of allylic oxidation sites excluding steroid dienone is 11. The Morgan fingerprint density at radius 1 is 0.596 bits per heavy atom. The van der Waals surface area contributed by atoms with Crippen LogP contribution in [0.15, 0.2) is 72.9 Å². The first-order chi connectivity index (χ1) is 27.8. The fourth-order valence-corrected chi connectivity index (χ4v) is 6.54. The van der Waals surface area contributed by atoms with Crippen LogP contribution in [0.1, 0.15) is 168 Å². The molecule has 57 heavy (non-hydrogen) atoms. The van der Waals surface area contributed by atoms with Crippen LogP contribution in [0.3, 0.4) is 0 Å². The molecule has 1 fully saturated rings. The van der Waals surface area contributed by atoms with E-state index < -0.39 is 49.5 Å². The van der Waals surface area contributed by atoms with Gasteiger partial charge in [-0.3, -0.25) is 4.79 Å². The number of rotatable bonds is 36. The van der Waals surface area contributed by atoms with Gasteiger partial charge in [-0.25, -0.2) is 0 Å². The van der Waals surface area contributed by atoms with Crippen LogP contribution in [-0.2, 0) is 14.3 Å². The number of carbonyl (C=O) groups is 1. The molecule has 7 unspecified atom stereocenters. The van der Waals surface area contributed by atoms with Gasteiger partial charge in [0.15, 0.2) is 6.29 Å². The molecule has 328 valence electrons. The first-order valence-electron chi connectivity index (χ1n) is 22.7. The second-order valence-corrected chi connectivity index (χ2v) is 15.5. The average Bonchev–Trinajstić information content (AvgIpc) is 3.21. The summed E-state index contributed by atoms with van der Waals surface area (Å²) in [5.74, 6) is -0.208. The van der Waals surface area contributed by atoms with E-state index >= 15 is 0 Å². The highest BCUT2D eigenvalue weighted by molar-refractivity contribution is 5.76. The van der Waals surface area contributed by atoms with Crippen molar-refractivity contribution >= 4 is 5.91 Å². The highest BCUT2D eigenvalue weighted by Gasteiger charge is 2.44. The van der Waals surface area contributed by atoms with Gasteiger partial charge in [0, 0.05) is 6.42 Å². The number of ether oxygens (including phenoxy) is 2. The zero-order valence-electron chi connectivity index (χ0n) is 35.8. The molecule has 0 radical (unpaired) electrons. The average molecular weight is 802 g/mol. The number of unbranched alkanes of at least 4 members (excludes halogenated alkanes) is 16. The summed E-state index contributed by atoms with van der Waals surface area (Å²) in [6, 6.07) is -0.837. The van der Waals surface area contributed by atoms with Crippen molar-refractivity contribution in [2.24, 2.45) is 0 Å². The molecule has 1 saturated heterocycles. The summed E-state index contributed by atoms with van der Waals surface area (Å²) in [7, 11) is 0. The van der Waals surface area contributed by atoms with Crippen molar-refractivity contribution in [3.8, 4) is 0 Å². The van der Waals surface area contributed by atoms with Gasteiger partial charge in [-0.15, -0.1) is 0 Å². The normalized spacial score (nSPS) is 21.7. The van der Waals surface area contributed by atoms with Crippen molar-refractivity contribution in [3.05, 3.63) is 72.9 Å². The molecule has 1 heterocycles. The molecule has 1 aliphatic heterocycles. The van der Waals surface area contributed by atoms with Crippen LogP contribution in [0.4, 0.5) is 0 Å². The Balaban J connectivity index is 2.39. The summed E-state index contributed by atoms with van der Waals surface area (Å²) in [4.78, 5) is 12.9. The fourth-order valence-electron chi connectivity index (χ4n) is 6.54. The Hall–Kier alpha value is -2.37. The SMILES string of the molecule is CCCCC/C=C/CC/C=C/CC/C=C/C(O)C(COC1OC(CO)C(O)C(O)C1O)NC(=O)CCCCCCCC/C=C\C/C=C\C/C=C\CCCCCCC. The summed E-state index contributed by atoms with van der Waals surface area (Å²) >= 11 is 0. The molecule has 9 heteroatoms. The third-order valence-corrected chi connectivity index (χ3v) is 10.2. The number of hydrogen-bond acceptors (Lipinski definition) is 8. The Labute approximate surface area is 347 Å². The molecule has 0 aliphatic carbocycles. The number of amides is 1. The van der Waals surface area contributed by atoms with Crippen molar-refractivity contribution < 1.29 is 39.8 Å². The van der Waals surface area contributed by atoms with E-state index in [4.69, 9.17) is 9.47 Å². The largest absolute Gasteiger partial charge is 0.394 e. The van der Waals surface area contributed by atoms with E-state index in [-0.39, 0.29) is 12.5 Å². The van der Waals surface area contributed by atoms with Crippen LogP contribution in [0, 0.1) is 0 Å². The number of hydrogen-bond donors (Lipinski definition) is 6. The number of nitrogens with one attached hydrogen (secondary N) is 1. The van der Waals surface area contributed by atoms with Gasteiger partial charge in [-0.1, -0.05) is 151 Å². The molecule has 0 bridgehead atoms. The molecular weight excluding hydrogens is 719 g/mol. The Morgan fingerprint density at radius 2 is 1.05 bits per heavy atom. The minimum absolute atomic E-state index is 0.208. The van der Waals surface area contributed by atoms with Crippen LogP contribution < -0.4 is 5.32 Å². The Bertz CT molecular complexity index is 1120. The van der Waals surface area contributed by atoms with Gasteiger partial charge >= 0.3 is 0 Å². The van der Waals surface area contributed by atoms with E-state index in [0.717, 1.165) is 89.9 Å². The molecule has 1 aliphatic rings. The molecule has 1 rings (SSSR count). The van der Waals surface area contributed by atoms with Gasteiger partial charge in [-0.05, 0) is 83.5 Å². The first kappa shape index (κ1) is 52.6. The maximum Gasteiger partial charge on any atom is 0.220 e. The third-order valence-electron chi connectivity index (χ3n) is 10.2. The van der Waals surface area contributed by atoms with Gasteiger partial charge in [0.05, 0.1) is 25.4 Å². The molecule has 7 atom stereocenters. The van der Waals surface area contributed by atoms with Crippen LogP contribution >= 0.6 is 0 Å². The van der Waals surface area contributed by atoms with Crippen LogP contribution in [0.25, 0.3) is 0 Å². The van der Waals surface area contributed by atoms with Gasteiger partial charge in [-0.2, -0.15) is 0 Å². The second-order valence-electron chi connectivity index (χ2n) is 15.5. The molecule has 0 aromatic heterocycles. The molecule has 9 nitrogen and oxygen atoms in total. The fraction of sp³-hybridized carbons (Fsp3) is 0.729. The van der Waals surface area contributed by atoms with Crippen molar-refractivity contribution in [3.63, 3.8) is 0 Å². The summed E-state index contributed by atoms with van der Waals surface area (Å²) < 4.78 is 11.2. The molecule has 0 aromatic rings. The monoisotopic (exact) mass is 802 g/mol. The van der Waals surface area contributed by atoms with Crippen LogP contribution in [0.2, 0.25) is 0 Å². The van der Waals surface area contributed by atoms with E-state index in [1.807, 2.05) is 6.08 Å². The lowest BCUT2D eigenvalue weighted by atomic mass is 9.99. The summed E-state index contributed by atoms with van der Waals surface area (Å²) in [5.41, 5.74) is 0. The van der Waals surface area contributed by atoms with E-state index in [9.17, 15) is 30.3 Å². The van der Waals surface area contributed by atoms with Gasteiger partial charge < -0.3 is 40.3 Å². The molecule has 6 N–H and O–H groups in total. The Kier molecular flexibility index (Phi) is 35.0. The summed E-state index contributed by atoms with van der Waals surface area (Å²) in [6.45, 7) is 3.67.